The number of piperidine rings is 1. The predicted octanol–water partition coefficient (Wildman–Crippen LogP) is 1.67. The Morgan fingerprint density at radius 1 is 1.23 bits per heavy atom. The first kappa shape index (κ1) is 18.0. The molecule has 2 aromatic heterocycles. The number of rotatable bonds is 4. The number of carbonyl (C=O) groups is 2. The number of nitrogens with zero attached hydrogens (tertiary/aromatic N) is 5. The van der Waals surface area contributed by atoms with E-state index in [-0.39, 0.29) is 11.8 Å². The van der Waals surface area contributed by atoms with E-state index in [2.05, 4.69) is 15.0 Å². The van der Waals surface area contributed by atoms with Crippen LogP contribution in [0.15, 0.2) is 36.9 Å². The number of aromatic nitrogens is 3. The third-order valence-electron chi connectivity index (χ3n) is 4.58. The summed E-state index contributed by atoms with van der Waals surface area (Å²) < 4.78 is 0. The minimum absolute atomic E-state index is 0.0447. The van der Waals surface area contributed by atoms with Crippen LogP contribution in [-0.4, -0.2) is 63.8 Å². The molecule has 3 heterocycles. The maximum absolute atomic E-state index is 12.6. The Labute approximate surface area is 153 Å². The van der Waals surface area contributed by atoms with Gasteiger partial charge in [-0.25, -0.2) is 9.97 Å². The molecule has 0 radical (unpaired) electrons. The molecular weight excluding hydrogens is 330 g/mol. The van der Waals surface area contributed by atoms with Crippen LogP contribution in [0, 0.1) is 5.92 Å². The molecular formula is C19H23N5O2. The first-order valence-corrected chi connectivity index (χ1v) is 8.76. The fraction of sp³-hybridized carbons (Fsp3) is 0.421. The van der Waals surface area contributed by atoms with Gasteiger partial charge in [0.2, 0.25) is 0 Å². The number of hydrogen-bond acceptors (Lipinski definition) is 5. The molecule has 0 aromatic carbocycles. The van der Waals surface area contributed by atoms with E-state index in [0.717, 1.165) is 31.5 Å². The lowest BCUT2D eigenvalue weighted by atomic mass is 9.92. The Balaban J connectivity index is 1.66. The van der Waals surface area contributed by atoms with E-state index in [1.54, 1.807) is 44.7 Å². The van der Waals surface area contributed by atoms with Crippen LogP contribution in [0.1, 0.15) is 39.4 Å². The Morgan fingerprint density at radius 3 is 2.73 bits per heavy atom. The molecule has 1 fully saturated rings. The first-order valence-electron chi connectivity index (χ1n) is 8.76. The van der Waals surface area contributed by atoms with Gasteiger partial charge in [-0.2, -0.15) is 0 Å². The second kappa shape index (κ2) is 8.03. The van der Waals surface area contributed by atoms with Gasteiger partial charge in [0, 0.05) is 50.8 Å². The molecule has 1 saturated heterocycles. The molecule has 7 heteroatoms. The molecule has 1 aliphatic rings. The smallest absolute Gasteiger partial charge is 0.272 e. The molecule has 0 aliphatic carbocycles. The maximum atomic E-state index is 12.6. The Kier molecular flexibility index (Phi) is 5.55. The van der Waals surface area contributed by atoms with Crippen molar-refractivity contribution in [3.63, 3.8) is 0 Å². The molecule has 1 atom stereocenters. The van der Waals surface area contributed by atoms with E-state index < -0.39 is 0 Å². The van der Waals surface area contributed by atoms with Crippen molar-refractivity contribution in [3.8, 4) is 0 Å². The van der Waals surface area contributed by atoms with Gasteiger partial charge in [-0.05, 0) is 43.4 Å². The van der Waals surface area contributed by atoms with Gasteiger partial charge >= 0.3 is 0 Å². The van der Waals surface area contributed by atoms with E-state index in [4.69, 9.17) is 0 Å². The second-order valence-corrected chi connectivity index (χ2v) is 6.79. The van der Waals surface area contributed by atoms with Gasteiger partial charge in [-0.3, -0.25) is 14.6 Å². The average molecular weight is 353 g/mol. The summed E-state index contributed by atoms with van der Waals surface area (Å²) in [5.74, 6) is 0.238. The molecule has 0 bridgehead atoms. The fourth-order valence-corrected chi connectivity index (χ4v) is 3.24. The zero-order chi connectivity index (χ0) is 18.5. The monoisotopic (exact) mass is 353 g/mol. The highest BCUT2D eigenvalue weighted by Gasteiger charge is 2.25. The standard InChI is InChI=1S/C19H23N5O2/c1-23(2)19(26)17-11-16(21-13-22-17)10-14-4-3-9-24(12-14)18(25)15-5-7-20-8-6-15/h5-8,11,13-14H,3-4,9-10,12H2,1-2H3/t14-/m1/s1. The summed E-state index contributed by atoms with van der Waals surface area (Å²) in [6.07, 6.45) is 7.46. The average Bonchev–Trinajstić information content (AvgIpc) is 2.68. The number of likely N-dealkylation sites (tertiary alicyclic amines) is 1. The van der Waals surface area contributed by atoms with Crippen molar-refractivity contribution < 1.29 is 9.59 Å². The van der Waals surface area contributed by atoms with Gasteiger partial charge in [0.25, 0.3) is 11.8 Å². The van der Waals surface area contributed by atoms with Gasteiger partial charge < -0.3 is 9.80 Å². The van der Waals surface area contributed by atoms with Gasteiger partial charge in [0.05, 0.1) is 0 Å². The molecule has 2 amide bonds. The summed E-state index contributed by atoms with van der Waals surface area (Å²) in [5, 5.41) is 0. The minimum Gasteiger partial charge on any atom is -0.343 e. The zero-order valence-corrected chi connectivity index (χ0v) is 15.1. The Hall–Kier alpha value is -2.83. The third kappa shape index (κ3) is 4.22. The molecule has 26 heavy (non-hydrogen) atoms. The molecule has 2 aromatic rings. The summed E-state index contributed by atoms with van der Waals surface area (Å²) in [6.45, 7) is 1.47. The SMILES string of the molecule is CN(C)C(=O)c1cc(C[C@H]2CCCN(C(=O)c3ccncc3)C2)ncn1. The van der Waals surface area contributed by atoms with E-state index in [0.29, 0.717) is 23.7 Å². The first-order chi connectivity index (χ1) is 12.5. The van der Waals surface area contributed by atoms with Crippen LogP contribution in [0.25, 0.3) is 0 Å². The van der Waals surface area contributed by atoms with Gasteiger partial charge in [-0.1, -0.05) is 0 Å². The molecule has 136 valence electrons. The molecule has 1 aliphatic heterocycles. The van der Waals surface area contributed by atoms with Crippen LogP contribution in [0.4, 0.5) is 0 Å². The Bertz CT molecular complexity index is 779. The van der Waals surface area contributed by atoms with Crippen molar-refractivity contribution in [1.29, 1.82) is 0 Å². The lowest BCUT2D eigenvalue weighted by Gasteiger charge is -2.32. The van der Waals surface area contributed by atoms with Crippen LogP contribution >= 0.6 is 0 Å². The van der Waals surface area contributed by atoms with Crippen molar-refractivity contribution in [2.75, 3.05) is 27.2 Å². The lowest BCUT2D eigenvalue weighted by Crippen LogP contribution is -2.40. The number of carbonyl (C=O) groups excluding carboxylic acids is 2. The summed E-state index contributed by atoms with van der Waals surface area (Å²) in [4.78, 5) is 40.4. The van der Waals surface area contributed by atoms with Gasteiger partial charge in [0.15, 0.2) is 0 Å². The van der Waals surface area contributed by atoms with Crippen LogP contribution in [0.5, 0.6) is 0 Å². The molecule has 3 rings (SSSR count). The summed E-state index contributed by atoms with van der Waals surface area (Å²) in [5.41, 5.74) is 1.91. The lowest BCUT2D eigenvalue weighted by molar-refractivity contribution is 0.0672. The van der Waals surface area contributed by atoms with Gasteiger partial charge in [-0.15, -0.1) is 0 Å². The highest BCUT2D eigenvalue weighted by molar-refractivity contribution is 5.94. The number of hydrogen-bond donors (Lipinski definition) is 0. The van der Waals surface area contributed by atoms with E-state index >= 15 is 0 Å². The van der Waals surface area contributed by atoms with Crippen molar-refractivity contribution in [2.45, 2.75) is 19.3 Å². The van der Waals surface area contributed by atoms with E-state index in [1.807, 2.05) is 4.90 Å². The van der Waals surface area contributed by atoms with Crippen LogP contribution in [-0.2, 0) is 6.42 Å². The highest BCUT2D eigenvalue weighted by atomic mass is 16.2. The summed E-state index contributed by atoms with van der Waals surface area (Å²) >= 11 is 0. The van der Waals surface area contributed by atoms with Crippen molar-refractivity contribution >= 4 is 11.8 Å². The van der Waals surface area contributed by atoms with Crippen LogP contribution in [0.3, 0.4) is 0 Å². The Morgan fingerprint density at radius 2 is 2.00 bits per heavy atom. The highest BCUT2D eigenvalue weighted by Crippen LogP contribution is 2.22. The number of amides is 2. The summed E-state index contributed by atoms with van der Waals surface area (Å²) in [6, 6.07) is 5.25. The van der Waals surface area contributed by atoms with Crippen LogP contribution < -0.4 is 0 Å². The fourth-order valence-electron chi connectivity index (χ4n) is 3.24. The quantitative estimate of drug-likeness (QED) is 0.835. The third-order valence-corrected chi connectivity index (χ3v) is 4.58. The van der Waals surface area contributed by atoms with Crippen molar-refractivity contribution in [2.24, 2.45) is 5.92 Å². The molecule has 7 nitrogen and oxygen atoms in total. The minimum atomic E-state index is -0.133. The van der Waals surface area contributed by atoms with Crippen molar-refractivity contribution in [1.82, 2.24) is 24.8 Å². The molecule has 0 saturated carbocycles. The summed E-state index contributed by atoms with van der Waals surface area (Å²) in [7, 11) is 3.40. The maximum Gasteiger partial charge on any atom is 0.272 e. The van der Waals surface area contributed by atoms with Crippen molar-refractivity contribution in [3.05, 3.63) is 53.9 Å². The van der Waals surface area contributed by atoms with Crippen LogP contribution in [0.2, 0.25) is 0 Å². The molecule has 0 spiro atoms. The largest absolute Gasteiger partial charge is 0.343 e. The predicted molar refractivity (Wildman–Crippen MR) is 96.6 cm³/mol. The normalized spacial score (nSPS) is 17.0. The second-order valence-electron chi connectivity index (χ2n) is 6.79. The molecule has 0 N–H and O–H groups in total. The molecule has 0 unspecified atom stereocenters. The zero-order valence-electron chi connectivity index (χ0n) is 15.1. The number of pyridine rings is 1. The van der Waals surface area contributed by atoms with E-state index in [9.17, 15) is 9.59 Å². The topological polar surface area (TPSA) is 79.3 Å². The van der Waals surface area contributed by atoms with Gasteiger partial charge in [0.1, 0.15) is 12.0 Å². The van der Waals surface area contributed by atoms with E-state index in [1.165, 1.54) is 11.2 Å².